The first kappa shape index (κ1) is 13.4. The van der Waals surface area contributed by atoms with Gasteiger partial charge in [-0.2, -0.15) is 0 Å². The number of carbonyl (C=O) groups is 1. The Balaban J connectivity index is 3.96. The minimum Gasteiger partial charge on any atom is -0.348 e. The minimum absolute atomic E-state index is 0.149. The molecule has 84 valence electrons. The zero-order valence-corrected chi connectivity index (χ0v) is 9.79. The molecule has 0 radical (unpaired) electrons. The van der Waals surface area contributed by atoms with Crippen molar-refractivity contribution in [3.8, 4) is 0 Å². The predicted octanol–water partition coefficient (Wildman–Crippen LogP) is -0.00870. The molecule has 1 amide bonds. The van der Waals surface area contributed by atoms with Gasteiger partial charge in [0.25, 0.3) is 0 Å². The fourth-order valence-corrected chi connectivity index (χ4v) is 1.15. The standard InChI is InChI=1S/C10H23N3O/c1-5-13(7-9(2)6-11)8-10(14)12(3)4/h9H,5-8,11H2,1-4H3. The van der Waals surface area contributed by atoms with Crippen molar-refractivity contribution in [1.29, 1.82) is 0 Å². The van der Waals surface area contributed by atoms with Gasteiger partial charge in [0.2, 0.25) is 5.91 Å². The third-order valence-corrected chi connectivity index (χ3v) is 2.28. The summed E-state index contributed by atoms with van der Waals surface area (Å²) in [6.45, 7) is 7.12. The maximum absolute atomic E-state index is 11.4. The quantitative estimate of drug-likeness (QED) is 0.657. The van der Waals surface area contributed by atoms with Crippen LogP contribution in [0, 0.1) is 5.92 Å². The second-order valence-corrected chi connectivity index (χ2v) is 3.96. The number of carbonyl (C=O) groups excluding carboxylic acids is 1. The molecule has 0 aliphatic rings. The molecule has 0 aliphatic heterocycles. The lowest BCUT2D eigenvalue weighted by Gasteiger charge is -2.24. The number of hydrogen-bond acceptors (Lipinski definition) is 3. The van der Waals surface area contributed by atoms with E-state index in [1.54, 1.807) is 19.0 Å². The van der Waals surface area contributed by atoms with Gasteiger partial charge in [-0.3, -0.25) is 9.69 Å². The Kier molecular flexibility index (Phi) is 6.49. The highest BCUT2D eigenvalue weighted by molar-refractivity contribution is 5.77. The van der Waals surface area contributed by atoms with E-state index in [1.807, 2.05) is 0 Å². The lowest BCUT2D eigenvalue weighted by Crippen LogP contribution is -2.39. The van der Waals surface area contributed by atoms with Crippen LogP contribution in [0.2, 0.25) is 0 Å². The van der Waals surface area contributed by atoms with Gasteiger partial charge < -0.3 is 10.6 Å². The van der Waals surface area contributed by atoms with E-state index in [0.717, 1.165) is 13.1 Å². The fraction of sp³-hybridized carbons (Fsp3) is 0.900. The second kappa shape index (κ2) is 6.79. The van der Waals surface area contributed by atoms with E-state index in [9.17, 15) is 4.79 Å². The molecule has 0 heterocycles. The van der Waals surface area contributed by atoms with Crippen molar-refractivity contribution >= 4 is 5.91 Å². The van der Waals surface area contributed by atoms with Crippen molar-refractivity contribution in [3.63, 3.8) is 0 Å². The minimum atomic E-state index is 0.149. The molecule has 4 heteroatoms. The average Bonchev–Trinajstić information content (AvgIpc) is 2.16. The zero-order valence-electron chi connectivity index (χ0n) is 9.79. The SMILES string of the molecule is CCN(CC(=O)N(C)C)CC(C)CN. The summed E-state index contributed by atoms with van der Waals surface area (Å²) in [5.41, 5.74) is 5.54. The fourth-order valence-electron chi connectivity index (χ4n) is 1.15. The van der Waals surface area contributed by atoms with Crippen LogP contribution >= 0.6 is 0 Å². The highest BCUT2D eigenvalue weighted by atomic mass is 16.2. The largest absolute Gasteiger partial charge is 0.348 e. The van der Waals surface area contributed by atoms with E-state index in [4.69, 9.17) is 5.73 Å². The van der Waals surface area contributed by atoms with Crippen LogP contribution in [0.5, 0.6) is 0 Å². The van der Waals surface area contributed by atoms with Crippen LogP contribution in [0.1, 0.15) is 13.8 Å². The molecule has 0 aromatic rings. The molecular weight excluding hydrogens is 178 g/mol. The van der Waals surface area contributed by atoms with Gasteiger partial charge in [0.05, 0.1) is 6.54 Å². The van der Waals surface area contributed by atoms with Crippen molar-refractivity contribution < 1.29 is 4.79 Å². The second-order valence-electron chi connectivity index (χ2n) is 3.96. The Morgan fingerprint density at radius 3 is 2.36 bits per heavy atom. The van der Waals surface area contributed by atoms with Crippen LogP contribution < -0.4 is 5.73 Å². The first-order chi connectivity index (χ1) is 6.51. The number of nitrogens with zero attached hydrogens (tertiary/aromatic N) is 2. The number of rotatable bonds is 6. The van der Waals surface area contributed by atoms with E-state index in [2.05, 4.69) is 18.7 Å². The molecule has 14 heavy (non-hydrogen) atoms. The van der Waals surface area contributed by atoms with Gasteiger partial charge in [0, 0.05) is 20.6 Å². The van der Waals surface area contributed by atoms with Crippen molar-refractivity contribution in [3.05, 3.63) is 0 Å². The summed E-state index contributed by atoms with van der Waals surface area (Å²) in [5, 5.41) is 0. The molecule has 1 atom stereocenters. The molecule has 0 bridgehead atoms. The molecule has 0 aliphatic carbocycles. The summed E-state index contributed by atoms with van der Waals surface area (Å²) in [5.74, 6) is 0.598. The van der Waals surface area contributed by atoms with Gasteiger partial charge in [0.15, 0.2) is 0 Å². The normalized spacial score (nSPS) is 13.0. The van der Waals surface area contributed by atoms with E-state index in [-0.39, 0.29) is 5.91 Å². The molecule has 0 aromatic carbocycles. The summed E-state index contributed by atoms with van der Waals surface area (Å²) in [6.07, 6.45) is 0. The molecule has 0 aromatic heterocycles. The summed E-state index contributed by atoms with van der Waals surface area (Å²) in [7, 11) is 3.56. The summed E-state index contributed by atoms with van der Waals surface area (Å²) in [4.78, 5) is 15.2. The number of amides is 1. The van der Waals surface area contributed by atoms with E-state index < -0.39 is 0 Å². The Morgan fingerprint density at radius 1 is 1.43 bits per heavy atom. The van der Waals surface area contributed by atoms with Crippen molar-refractivity contribution in [2.75, 3.05) is 40.3 Å². The molecule has 0 saturated heterocycles. The van der Waals surface area contributed by atoms with Crippen molar-refractivity contribution in [1.82, 2.24) is 9.80 Å². The van der Waals surface area contributed by atoms with Crippen LogP contribution in [0.15, 0.2) is 0 Å². The summed E-state index contributed by atoms with van der Waals surface area (Å²) < 4.78 is 0. The molecule has 0 rings (SSSR count). The van der Waals surface area contributed by atoms with Gasteiger partial charge in [-0.1, -0.05) is 13.8 Å². The lowest BCUT2D eigenvalue weighted by atomic mass is 10.1. The Morgan fingerprint density at radius 2 is 2.00 bits per heavy atom. The van der Waals surface area contributed by atoms with Gasteiger partial charge in [0.1, 0.15) is 0 Å². The van der Waals surface area contributed by atoms with Crippen LogP contribution in [0.4, 0.5) is 0 Å². The Bertz CT molecular complexity index is 171. The first-order valence-electron chi connectivity index (χ1n) is 5.13. The summed E-state index contributed by atoms with van der Waals surface area (Å²) >= 11 is 0. The number of likely N-dealkylation sites (N-methyl/N-ethyl adjacent to an activating group) is 2. The van der Waals surface area contributed by atoms with E-state index in [1.165, 1.54) is 0 Å². The monoisotopic (exact) mass is 201 g/mol. The molecule has 0 saturated carbocycles. The highest BCUT2D eigenvalue weighted by Crippen LogP contribution is 1.98. The van der Waals surface area contributed by atoms with Crippen LogP contribution in [0.25, 0.3) is 0 Å². The molecule has 4 nitrogen and oxygen atoms in total. The number of hydrogen-bond donors (Lipinski definition) is 1. The van der Waals surface area contributed by atoms with Gasteiger partial charge in [-0.05, 0) is 19.0 Å². The van der Waals surface area contributed by atoms with Crippen LogP contribution in [-0.4, -0.2) is 56.0 Å². The zero-order chi connectivity index (χ0) is 11.1. The molecule has 0 spiro atoms. The van der Waals surface area contributed by atoms with E-state index in [0.29, 0.717) is 19.0 Å². The third kappa shape index (κ3) is 5.19. The molecule has 2 N–H and O–H groups in total. The van der Waals surface area contributed by atoms with Crippen molar-refractivity contribution in [2.45, 2.75) is 13.8 Å². The highest BCUT2D eigenvalue weighted by Gasteiger charge is 2.12. The average molecular weight is 201 g/mol. The van der Waals surface area contributed by atoms with Gasteiger partial charge >= 0.3 is 0 Å². The molecule has 1 unspecified atom stereocenters. The van der Waals surface area contributed by atoms with Crippen LogP contribution in [-0.2, 0) is 4.79 Å². The molecule has 0 fully saturated rings. The predicted molar refractivity (Wildman–Crippen MR) is 59.0 cm³/mol. The Hall–Kier alpha value is -0.610. The maximum Gasteiger partial charge on any atom is 0.236 e. The lowest BCUT2D eigenvalue weighted by molar-refractivity contribution is -0.129. The molecular formula is C10H23N3O. The van der Waals surface area contributed by atoms with Crippen LogP contribution in [0.3, 0.4) is 0 Å². The number of nitrogens with two attached hydrogens (primary N) is 1. The van der Waals surface area contributed by atoms with Crippen molar-refractivity contribution in [2.24, 2.45) is 11.7 Å². The van der Waals surface area contributed by atoms with E-state index >= 15 is 0 Å². The smallest absolute Gasteiger partial charge is 0.236 e. The van der Waals surface area contributed by atoms with Gasteiger partial charge in [-0.25, -0.2) is 0 Å². The maximum atomic E-state index is 11.4. The summed E-state index contributed by atoms with van der Waals surface area (Å²) in [6, 6.07) is 0. The third-order valence-electron chi connectivity index (χ3n) is 2.28. The first-order valence-corrected chi connectivity index (χ1v) is 5.13. The topological polar surface area (TPSA) is 49.6 Å². The Labute approximate surface area is 87.0 Å². The van der Waals surface area contributed by atoms with Gasteiger partial charge in [-0.15, -0.1) is 0 Å².